The van der Waals surface area contributed by atoms with Gasteiger partial charge in [0, 0.05) is 12.0 Å². The molecule has 0 fully saturated rings. The lowest BCUT2D eigenvalue weighted by atomic mass is 9.88. The van der Waals surface area contributed by atoms with E-state index >= 15 is 0 Å². The third kappa shape index (κ3) is 3.17. The van der Waals surface area contributed by atoms with Gasteiger partial charge in [0.25, 0.3) is 0 Å². The van der Waals surface area contributed by atoms with E-state index in [9.17, 15) is 19.5 Å². The second-order valence-electron chi connectivity index (χ2n) is 5.27. The van der Waals surface area contributed by atoms with E-state index in [0.29, 0.717) is 5.56 Å². The summed E-state index contributed by atoms with van der Waals surface area (Å²) in [5, 5.41) is 10.4. The van der Waals surface area contributed by atoms with Crippen LogP contribution in [0.5, 0.6) is 11.5 Å². The van der Waals surface area contributed by atoms with Crippen molar-refractivity contribution in [2.45, 2.75) is 25.9 Å². The van der Waals surface area contributed by atoms with Gasteiger partial charge in [0.2, 0.25) is 0 Å². The molecule has 1 aliphatic rings. The Bertz CT molecular complexity index is 702. The minimum Gasteiger partial charge on any atom is -0.496 e. The molecule has 0 amide bonds. The standard InChI is InChI=1S/C17H18O6/c1-9(18)4-5-11(19)10-8-14(22-2)15-12(20)6-7-13(21)16(15)17(10)23-3/h6-8,11,19H,4-5H2,1-3H3. The number of Topliss-reactive ketones (excluding diaryl/α,β-unsaturated/α-hetero) is 1. The molecule has 6 nitrogen and oxygen atoms in total. The summed E-state index contributed by atoms with van der Waals surface area (Å²) in [5.41, 5.74) is 0.524. The Kier molecular flexibility index (Phi) is 4.95. The molecule has 0 radical (unpaired) electrons. The van der Waals surface area contributed by atoms with Gasteiger partial charge in [0.05, 0.1) is 31.5 Å². The third-order valence-electron chi connectivity index (χ3n) is 3.70. The Balaban J connectivity index is 2.61. The van der Waals surface area contributed by atoms with Crippen LogP contribution in [0.25, 0.3) is 0 Å². The van der Waals surface area contributed by atoms with Gasteiger partial charge in [-0.05, 0) is 31.6 Å². The van der Waals surface area contributed by atoms with Crippen LogP contribution >= 0.6 is 0 Å². The molecule has 0 saturated carbocycles. The van der Waals surface area contributed by atoms with Crippen LogP contribution in [0.4, 0.5) is 0 Å². The van der Waals surface area contributed by atoms with Crippen LogP contribution in [0.2, 0.25) is 0 Å². The Morgan fingerprint density at radius 1 is 1.13 bits per heavy atom. The molecular formula is C17H18O6. The Hall–Kier alpha value is -2.47. The minimum atomic E-state index is -1.01. The maximum atomic E-state index is 12.2. The number of hydrogen-bond acceptors (Lipinski definition) is 6. The second-order valence-corrected chi connectivity index (χ2v) is 5.27. The largest absolute Gasteiger partial charge is 0.496 e. The average Bonchev–Trinajstić information content (AvgIpc) is 2.54. The van der Waals surface area contributed by atoms with Crippen molar-refractivity contribution in [1.29, 1.82) is 0 Å². The van der Waals surface area contributed by atoms with Crippen molar-refractivity contribution in [2.75, 3.05) is 14.2 Å². The molecule has 0 aliphatic heterocycles. The molecule has 23 heavy (non-hydrogen) atoms. The highest BCUT2D eigenvalue weighted by atomic mass is 16.5. The first-order chi connectivity index (χ1) is 10.9. The normalized spacial score (nSPS) is 14.4. The van der Waals surface area contributed by atoms with Gasteiger partial charge >= 0.3 is 0 Å². The van der Waals surface area contributed by atoms with E-state index in [1.807, 2.05) is 0 Å². The average molecular weight is 318 g/mol. The summed E-state index contributed by atoms with van der Waals surface area (Å²) < 4.78 is 10.5. The maximum absolute atomic E-state index is 12.2. The molecule has 0 aromatic heterocycles. The van der Waals surface area contributed by atoms with Gasteiger partial charge in [-0.15, -0.1) is 0 Å². The molecular weight excluding hydrogens is 300 g/mol. The molecule has 0 heterocycles. The van der Waals surface area contributed by atoms with E-state index in [4.69, 9.17) is 9.47 Å². The van der Waals surface area contributed by atoms with Gasteiger partial charge < -0.3 is 19.4 Å². The van der Waals surface area contributed by atoms with Gasteiger partial charge in [0.1, 0.15) is 17.3 Å². The van der Waals surface area contributed by atoms with Crippen LogP contribution in [0.1, 0.15) is 52.1 Å². The van der Waals surface area contributed by atoms with Crippen molar-refractivity contribution >= 4 is 17.3 Å². The first-order valence-corrected chi connectivity index (χ1v) is 7.13. The molecule has 0 spiro atoms. The van der Waals surface area contributed by atoms with E-state index in [0.717, 1.165) is 0 Å². The Labute approximate surface area is 133 Å². The van der Waals surface area contributed by atoms with Crippen molar-refractivity contribution in [3.05, 3.63) is 34.9 Å². The minimum absolute atomic E-state index is 0.0536. The van der Waals surface area contributed by atoms with Gasteiger partial charge in [-0.3, -0.25) is 9.59 Å². The summed E-state index contributed by atoms with van der Waals surface area (Å²) in [6, 6.07) is 1.48. The van der Waals surface area contributed by atoms with Crippen molar-refractivity contribution in [3.8, 4) is 11.5 Å². The predicted molar refractivity (Wildman–Crippen MR) is 82.2 cm³/mol. The third-order valence-corrected chi connectivity index (χ3v) is 3.70. The number of aliphatic hydroxyl groups is 1. The SMILES string of the molecule is COc1cc(C(O)CCC(C)=O)c(OC)c2c1C(=O)C=CC2=O. The van der Waals surface area contributed by atoms with Gasteiger partial charge in [-0.2, -0.15) is 0 Å². The fraction of sp³-hybridized carbons (Fsp3) is 0.353. The van der Waals surface area contributed by atoms with Crippen LogP contribution in [0.15, 0.2) is 18.2 Å². The quantitative estimate of drug-likeness (QED) is 0.863. The number of carbonyl (C=O) groups excluding carboxylic acids is 3. The number of hydrogen-bond donors (Lipinski definition) is 1. The zero-order valence-electron chi connectivity index (χ0n) is 13.2. The molecule has 6 heteroatoms. The van der Waals surface area contributed by atoms with Gasteiger partial charge in [-0.25, -0.2) is 0 Å². The Morgan fingerprint density at radius 3 is 2.26 bits per heavy atom. The molecule has 1 N–H and O–H groups in total. The number of rotatable bonds is 6. The highest BCUT2D eigenvalue weighted by Crippen LogP contribution is 2.40. The summed E-state index contributed by atoms with van der Waals surface area (Å²) in [7, 11) is 2.74. The molecule has 1 aromatic carbocycles. The van der Waals surface area contributed by atoms with E-state index in [1.165, 1.54) is 39.4 Å². The highest BCUT2D eigenvalue weighted by Gasteiger charge is 2.31. The number of benzene rings is 1. The molecule has 1 aliphatic carbocycles. The smallest absolute Gasteiger partial charge is 0.190 e. The van der Waals surface area contributed by atoms with E-state index in [2.05, 4.69) is 0 Å². The first-order valence-electron chi connectivity index (χ1n) is 7.13. The number of ketones is 3. The fourth-order valence-electron chi connectivity index (χ4n) is 2.58. The van der Waals surface area contributed by atoms with Crippen LogP contribution in [0, 0.1) is 0 Å². The summed E-state index contributed by atoms with van der Waals surface area (Å²) in [4.78, 5) is 35.4. The zero-order valence-corrected chi connectivity index (χ0v) is 13.2. The van der Waals surface area contributed by atoms with Crippen LogP contribution in [-0.4, -0.2) is 36.7 Å². The van der Waals surface area contributed by atoms with Crippen molar-refractivity contribution in [2.24, 2.45) is 0 Å². The van der Waals surface area contributed by atoms with Gasteiger partial charge in [0.15, 0.2) is 11.6 Å². The molecule has 1 unspecified atom stereocenters. The zero-order chi connectivity index (χ0) is 17.1. The van der Waals surface area contributed by atoms with E-state index in [1.54, 1.807) is 0 Å². The second kappa shape index (κ2) is 6.75. The fourth-order valence-corrected chi connectivity index (χ4v) is 2.58. The number of fused-ring (bicyclic) bond motifs is 1. The van der Waals surface area contributed by atoms with E-state index < -0.39 is 11.9 Å². The van der Waals surface area contributed by atoms with Crippen molar-refractivity contribution in [3.63, 3.8) is 0 Å². The Morgan fingerprint density at radius 2 is 1.74 bits per heavy atom. The summed E-state index contributed by atoms with van der Waals surface area (Å²) in [6.07, 6.45) is 1.71. The van der Waals surface area contributed by atoms with Crippen molar-refractivity contribution in [1.82, 2.24) is 0 Å². The molecule has 2 rings (SSSR count). The molecule has 0 bridgehead atoms. The van der Waals surface area contributed by atoms with Crippen LogP contribution in [-0.2, 0) is 4.79 Å². The number of ether oxygens (including phenoxy) is 2. The number of allylic oxidation sites excluding steroid dienone is 2. The molecule has 122 valence electrons. The predicted octanol–water partition coefficient (Wildman–Crippen LogP) is 2.04. The maximum Gasteiger partial charge on any atom is 0.190 e. The molecule has 0 saturated heterocycles. The topological polar surface area (TPSA) is 89.9 Å². The number of methoxy groups -OCH3 is 2. The summed E-state index contributed by atoms with van der Waals surface area (Å²) in [5.74, 6) is -0.475. The van der Waals surface area contributed by atoms with E-state index in [-0.39, 0.29) is 47.0 Å². The number of aliphatic hydroxyl groups excluding tert-OH is 1. The number of carbonyl (C=O) groups is 3. The first kappa shape index (κ1) is 16.9. The van der Waals surface area contributed by atoms with Gasteiger partial charge in [-0.1, -0.05) is 0 Å². The molecule has 1 atom stereocenters. The highest BCUT2D eigenvalue weighted by molar-refractivity contribution is 6.24. The lowest BCUT2D eigenvalue weighted by Gasteiger charge is -2.22. The summed E-state index contributed by atoms with van der Waals surface area (Å²) in [6.45, 7) is 1.43. The summed E-state index contributed by atoms with van der Waals surface area (Å²) >= 11 is 0. The lowest BCUT2D eigenvalue weighted by molar-refractivity contribution is -0.117. The van der Waals surface area contributed by atoms with Crippen LogP contribution in [0.3, 0.4) is 0 Å². The monoisotopic (exact) mass is 318 g/mol. The molecule has 1 aromatic rings. The van der Waals surface area contributed by atoms with Crippen LogP contribution < -0.4 is 9.47 Å². The van der Waals surface area contributed by atoms with Crippen molar-refractivity contribution < 1.29 is 29.0 Å². The lowest BCUT2D eigenvalue weighted by Crippen LogP contribution is -2.17.